The molecule has 6 heteroatoms. The zero-order chi connectivity index (χ0) is 18.1. The molecule has 1 amide bonds. The van der Waals surface area contributed by atoms with Crippen LogP contribution >= 0.6 is 0 Å². The number of anilines is 2. The lowest BCUT2D eigenvalue weighted by Crippen LogP contribution is -2.23. The molecule has 0 aromatic heterocycles. The molecule has 0 spiro atoms. The van der Waals surface area contributed by atoms with Gasteiger partial charge in [0, 0.05) is 5.69 Å². The molecule has 0 bridgehead atoms. The molecule has 0 atom stereocenters. The van der Waals surface area contributed by atoms with Crippen molar-refractivity contribution in [3.63, 3.8) is 0 Å². The molecule has 2 rings (SSSR count). The molecule has 0 saturated carbocycles. The average Bonchev–Trinajstić information content (AvgIpc) is 2.62. The Morgan fingerprint density at radius 2 is 1.60 bits per heavy atom. The number of hydrogen-bond donors (Lipinski definition) is 2. The van der Waals surface area contributed by atoms with Crippen LogP contribution in [-0.4, -0.2) is 31.6 Å². The van der Waals surface area contributed by atoms with Crippen LogP contribution < -0.4 is 15.4 Å². The van der Waals surface area contributed by atoms with Crippen LogP contribution in [0.5, 0.6) is 5.75 Å². The van der Waals surface area contributed by atoms with Gasteiger partial charge in [-0.05, 0) is 38.1 Å². The predicted molar refractivity (Wildman–Crippen MR) is 97.1 cm³/mol. The maximum Gasteiger partial charge on any atom is 0.340 e. The van der Waals surface area contributed by atoms with Crippen LogP contribution in [-0.2, 0) is 9.53 Å². The van der Waals surface area contributed by atoms with Gasteiger partial charge in [0.2, 0.25) is 5.91 Å². The van der Waals surface area contributed by atoms with E-state index >= 15 is 0 Å². The molecule has 0 saturated heterocycles. The molecule has 25 heavy (non-hydrogen) atoms. The maximum atomic E-state index is 12.2. The fourth-order valence-corrected chi connectivity index (χ4v) is 2.25. The summed E-state index contributed by atoms with van der Waals surface area (Å²) in [5, 5.41) is 5.77. The first-order valence-corrected chi connectivity index (χ1v) is 8.17. The zero-order valence-electron chi connectivity index (χ0n) is 14.4. The summed E-state index contributed by atoms with van der Waals surface area (Å²) in [7, 11) is 0. The molecule has 0 aliphatic heterocycles. The lowest BCUT2D eigenvalue weighted by atomic mass is 10.2. The summed E-state index contributed by atoms with van der Waals surface area (Å²) in [6.07, 6.45) is 0. The summed E-state index contributed by atoms with van der Waals surface area (Å²) in [6, 6.07) is 14.1. The number of esters is 1. The van der Waals surface area contributed by atoms with E-state index in [2.05, 4.69) is 10.6 Å². The summed E-state index contributed by atoms with van der Waals surface area (Å²) < 4.78 is 10.5. The zero-order valence-corrected chi connectivity index (χ0v) is 14.4. The Morgan fingerprint density at radius 3 is 2.32 bits per heavy atom. The van der Waals surface area contributed by atoms with Crippen molar-refractivity contribution in [2.45, 2.75) is 13.8 Å². The highest BCUT2D eigenvalue weighted by Gasteiger charge is 2.13. The molecule has 2 N–H and O–H groups in total. The predicted octanol–water partition coefficient (Wildman–Crippen LogP) is 3.31. The summed E-state index contributed by atoms with van der Waals surface area (Å²) in [5.41, 5.74) is 1.55. The van der Waals surface area contributed by atoms with Gasteiger partial charge in [-0.3, -0.25) is 4.79 Å². The number of carbonyl (C=O) groups excluding carboxylic acids is 2. The maximum absolute atomic E-state index is 12.2. The largest absolute Gasteiger partial charge is 0.492 e. The molecule has 0 heterocycles. The minimum Gasteiger partial charge on any atom is -0.492 e. The van der Waals surface area contributed by atoms with Crippen LogP contribution in [0, 0.1) is 0 Å². The van der Waals surface area contributed by atoms with Gasteiger partial charge in [-0.1, -0.05) is 24.3 Å². The summed E-state index contributed by atoms with van der Waals surface area (Å²) in [6.45, 7) is 4.44. The molecule has 0 radical (unpaired) electrons. The van der Waals surface area contributed by atoms with E-state index < -0.39 is 5.97 Å². The second-order valence-electron chi connectivity index (χ2n) is 5.10. The van der Waals surface area contributed by atoms with Crippen molar-refractivity contribution >= 4 is 23.3 Å². The van der Waals surface area contributed by atoms with E-state index in [1.165, 1.54) is 0 Å². The smallest absolute Gasteiger partial charge is 0.340 e. The lowest BCUT2D eigenvalue weighted by Gasteiger charge is -2.13. The molecular weight excluding hydrogens is 320 g/mol. The van der Waals surface area contributed by atoms with Crippen LogP contribution in [0.1, 0.15) is 24.2 Å². The number of amides is 1. The van der Waals surface area contributed by atoms with Crippen molar-refractivity contribution < 1.29 is 19.1 Å². The number of hydrogen-bond acceptors (Lipinski definition) is 5. The Hall–Kier alpha value is -3.02. The third-order valence-electron chi connectivity index (χ3n) is 3.32. The number of para-hydroxylation sites is 3. The van der Waals surface area contributed by atoms with Gasteiger partial charge < -0.3 is 20.1 Å². The van der Waals surface area contributed by atoms with E-state index in [1.54, 1.807) is 43.3 Å². The lowest BCUT2D eigenvalue weighted by molar-refractivity contribution is -0.114. The first-order valence-electron chi connectivity index (χ1n) is 8.17. The van der Waals surface area contributed by atoms with Crippen molar-refractivity contribution in [3.05, 3.63) is 54.1 Å². The third-order valence-corrected chi connectivity index (χ3v) is 3.32. The van der Waals surface area contributed by atoms with Gasteiger partial charge in [0.05, 0.1) is 31.0 Å². The normalized spacial score (nSPS) is 10.0. The second kappa shape index (κ2) is 9.32. The monoisotopic (exact) mass is 342 g/mol. The Morgan fingerprint density at radius 1 is 0.920 bits per heavy atom. The van der Waals surface area contributed by atoms with Gasteiger partial charge in [-0.2, -0.15) is 0 Å². The third kappa shape index (κ3) is 5.24. The van der Waals surface area contributed by atoms with Crippen LogP contribution in [0.4, 0.5) is 11.4 Å². The SMILES string of the molecule is CCOC(=O)c1ccccc1NCC(=O)Nc1ccccc1OCC. The highest BCUT2D eigenvalue weighted by Crippen LogP contribution is 2.23. The van der Waals surface area contributed by atoms with Crippen molar-refractivity contribution in [2.75, 3.05) is 30.4 Å². The minimum atomic E-state index is -0.423. The van der Waals surface area contributed by atoms with Gasteiger partial charge in [0.15, 0.2) is 0 Å². The summed E-state index contributed by atoms with van der Waals surface area (Å²) >= 11 is 0. The number of benzene rings is 2. The highest BCUT2D eigenvalue weighted by molar-refractivity contribution is 5.98. The fraction of sp³-hybridized carbons (Fsp3) is 0.263. The molecule has 2 aromatic rings. The summed E-state index contributed by atoms with van der Waals surface area (Å²) in [4.78, 5) is 24.1. The Balaban J connectivity index is 2.00. The molecule has 0 fully saturated rings. The molecule has 2 aromatic carbocycles. The number of carbonyl (C=O) groups is 2. The summed E-state index contributed by atoms with van der Waals surface area (Å²) in [5.74, 6) is -0.0520. The van der Waals surface area contributed by atoms with E-state index in [9.17, 15) is 9.59 Å². The van der Waals surface area contributed by atoms with Crippen molar-refractivity contribution in [3.8, 4) is 5.75 Å². The Labute approximate surface area is 147 Å². The Kier molecular flexibility index (Phi) is 6.83. The van der Waals surface area contributed by atoms with Crippen LogP contribution in [0.25, 0.3) is 0 Å². The first kappa shape index (κ1) is 18.3. The standard InChI is InChI=1S/C19H22N2O4/c1-3-24-17-12-8-7-11-16(17)21-18(22)13-20-15-10-6-5-9-14(15)19(23)25-4-2/h5-12,20H,3-4,13H2,1-2H3,(H,21,22). The van der Waals surface area contributed by atoms with Crippen molar-refractivity contribution in [1.82, 2.24) is 0 Å². The number of rotatable bonds is 8. The van der Waals surface area contributed by atoms with Crippen LogP contribution in [0.3, 0.4) is 0 Å². The average molecular weight is 342 g/mol. The topological polar surface area (TPSA) is 76.7 Å². The minimum absolute atomic E-state index is 0.0108. The molecule has 6 nitrogen and oxygen atoms in total. The van der Waals surface area contributed by atoms with Crippen molar-refractivity contribution in [2.24, 2.45) is 0 Å². The molecule has 0 unspecified atom stereocenters. The van der Waals surface area contributed by atoms with E-state index in [4.69, 9.17) is 9.47 Å². The first-order chi connectivity index (χ1) is 12.2. The Bertz CT molecular complexity index is 731. The highest BCUT2D eigenvalue weighted by atomic mass is 16.5. The van der Waals surface area contributed by atoms with Crippen LogP contribution in [0.2, 0.25) is 0 Å². The van der Waals surface area contributed by atoms with E-state index in [0.29, 0.717) is 35.9 Å². The van der Waals surface area contributed by atoms with Gasteiger partial charge in [-0.15, -0.1) is 0 Å². The van der Waals surface area contributed by atoms with Crippen molar-refractivity contribution in [1.29, 1.82) is 0 Å². The molecule has 0 aliphatic carbocycles. The van der Waals surface area contributed by atoms with E-state index in [0.717, 1.165) is 0 Å². The van der Waals surface area contributed by atoms with Gasteiger partial charge >= 0.3 is 5.97 Å². The number of ether oxygens (including phenoxy) is 2. The van der Waals surface area contributed by atoms with Gasteiger partial charge in [0.1, 0.15) is 5.75 Å². The fourth-order valence-electron chi connectivity index (χ4n) is 2.25. The van der Waals surface area contributed by atoms with Gasteiger partial charge in [0.25, 0.3) is 0 Å². The number of nitrogens with one attached hydrogen (secondary N) is 2. The van der Waals surface area contributed by atoms with Crippen LogP contribution in [0.15, 0.2) is 48.5 Å². The quantitative estimate of drug-likeness (QED) is 0.720. The molecular formula is C19H22N2O4. The van der Waals surface area contributed by atoms with E-state index in [1.807, 2.05) is 19.1 Å². The second-order valence-corrected chi connectivity index (χ2v) is 5.10. The molecule has 132 valence electrons. The van der Waals surface area contributed by atoms with E-state index in [-0.39, 0.29) is 12.5 Å². The van der Waals surface area contributed by atoms with Gasteiger partial charge in [-0.25, -0.2) is 4.79 Å². The molecule has 0 aliphatic rings.